The number of hydrogen-bond donors (Lipinski definition) is 1. The Kier molecular flexibility index (Phi) is 8.98. The fraction of sp³-hybridized carbons (Fsp3) is 0.759. The van der Waals surface area contributed by atoms with E-state index in [0.717, 1.165) is 62.9 Å². The minimum Gasteiger partial charge on any atom is -0.480 e. The molecular weight excluding hydrogens is 474 g/mol. The zero-order valence-corrected chi connectivity index (χ0v) is 22.4. The summed E-state index contributed by atoms with van der Waals surface area (Å²) in [5, 5.41) is 14.6. The number of hydrogen-bond acceptors (Lipinski definition) is 4. The second-order valence-corrected chi connectivity index (χ2v) is 12.2. The summed E-state index contributed by atoms with van der Waals surface area (Å²) in [6, 6.07) is 3.99. The van der Waals surface area contributed by atoms with Crippen LogP contribution in [0.4, 0.5) is 0 Å². The maximum Gasteiger partial charge on any atom is 0.324 e. The highest BCUT2D eigenvalue weighted by atomic mass is 35.5. The van der Waals surface area contributed by atoms with Gasteiger partial charge in [-0.05, 0) is 124 Å². The number of carbonyl (C=O) groups excluding carboxylic acids is 1. The predicted octanol–water partition coefficient (Wildman–Crippen LogP) is 5.26. The Bertz CT molecular complexity index is 860. The van der Waals surface area contributed by atoms with Gasteiger partial charge in [0.25, 0.3) is 0 Å². The van der Waals surface area contributed by atoms with Gasteiger partial charge in [-0.15, -0.1) is 12.4 Å². The summed E-state index contributed by atoms with van der Waals surface area (Å²) in [5.74, 6) is 2.13. The number of carboxylic acids is 1. The van der Waals surface area contributed by atoms with E-state index >= 15 is 0 Å². The van der Waals surface area contributed by atoms with Crippen molar-refractivity contribution in [3.63, 3.8) is 0 Å². The molecule has 4 bridgehead atoms. The van der Waals surface area contributed by atoms with Crippen molar-refractivity contribution in [1.29, 1.82) is 0 Å². The van der Waals surface area contributed by atoms with E-state index < -0.39 is 11.5 Å². The second-order valence-electron chi connectivity index (χ2n) is 12.2. The molecule has 1 amide bonds. The molecule has 6 nitrogen and oxygen atoms in total. The van der Waals surface area contributed by atoms with Crippen LogP contribution in [0.25, 0.3) is 0 Å². The topological polar surface area (TPSA) is 84.6 Å². The first-order valence-corrected chi connectivity index (χ1v) is 14.0. The van der Waals surface area contributed by atoms with Crippen molar-refractivity contribution in [3.05, 3.63) is 30.1 Å². The number of rotatable bonds is 12. The summed E-state index contributed by atoms with van der Waals surface area (Å²) in [5.41, 5.74) is 0.882. The van der Waals surface area contributed by atoms with Gasteiger partial charge >= 0.3 is 5.97 Å². The Balaban J connectivity index is 0.00000304. The summed E-state index contributed by atoms with van der Waals surface area (Å²) < 4.78 is 0. The number of pyridine rings is 1. The lowest BCUT2D eigenvalue weighted by Gasteiger charge is -2.57. The Morgan fingerprint density at radius 1 is 1.03 bits per heavy atom. The molecule has 4 aliphatic carbocycles. The molecule has 1 aromatic heterocycles. The first-order chi connectivity index (χ1) is 17.0. The van der Waals surface area contributed by atoms with E-state index in [1.54, 1.807) is 12.4 Å². The number of nitrogens with zero attached hydrogens (tertiary/aromatic N) is 3. The molecule has 36 heavy (non-hydrogen) atoms. The quantitative estimate of drug-likeness (QED) is 0.383. The zero-order chi connectivity index (χ0) is 24.3. The standard InChI is InChI=1S/C29H42N3O3.ClH/c33-26(31-13-10-28-19-23-16-24(20-28)18-25(17-23)21-28)4-1-2-8-29(27(34)35)9-3-14-32(29)15-7-22-5-11-30-12-6-22;/h5-6,11-12,23-25H,1-4,7-10,13-21H2,(H,34,35);1H/t23?,24?,25?,28?,29-;/m1./s1. The number of aromatic nitrogens is 1. The number of likely N-dealkylation sites (tertiary alicyclic amines) is 1. The fourth-order valence-electron chi connectivity index (χ4n) is 8.49. The van der Waals surface area contributed by atoms with E-state index in [1.807, 2.05) is 12.1 Å². The van der Waals surface area contributed by atoms with E-state index in [1.165, 1.54) is 44.1 Å². The van der Waals surface area contributed by atoms with Crippen LogP contribution in [0.3, 0.4) is 0 Å². The number of unbranched alkanes of at least 4 members (excludes halogenated alkanes) is 1. The molecule has 1 saturated heterocycles. The number of halogens is 1. The van der Waals surface area contributed by atoms with Gasteiger partial charge in [-0.25, -0.2) is 0 Å². The molecule has 1 radical (unpaired) electrons. The molecule has 7 heteroatoms. The highest BCUT2D eigenvalue weighted by molar-refractivity contribution is 5.85. The third-order valence-electron chi connectivity index (χ3n) is 9.77. The van der Waals surface area contributed by atoms with Crippen LogP contribution in [-0.4, -0.2) is 52.0 Å². The molecule has 199 valence electrons. The molecule has 0 spiro atoms. The normalized spacial score (nSPS) is 32.8. The largest absolute Gasteiger partial charge is 0.480 e. The number of carbonyl (C=O) groups is 2. The Morgan fingerprint density at radius 3 is 2.33 bits per heavy atom. The van der Waals surface area contributed by atoms with Crippen LogP contribution in [0.15, 0.2) is 24.5 Å². The van der Waals surface area contributed by atoms with Crippen molar-refractivity contribution < 1.29 is 14.7 Å². The molecule has 0 unspecified atom stereocenters. The Hall–Kier alpha value is -1.66. The molecular formula is C29H43ClN3O3. The highest BCUT2D eigenvalue weighted by Crippen LogP contribution is 2.61. The van der Waals surface area contributed by atoms with Crippen molar-refractivity contribution >= 4 is 24.3 Å². The molecule has 1 atom stereocenters. The molecule has 1 N–H and O–H groups in total. The monoisotopic (exact) mass is 516 g/mol. The molecule has 5 aliphatic rings. The van der Waals surface area contributed by atoms with Crippen LogP contribution in [0.5, 0.6) is 0 Å². The molecule has 5 fully saturated rings. The van der Waals surface area contributed by atoms with E-state index in [-0.39, 0.29) is 18.3 Å². The Morgan fingerprint density at radius 2 is 1.69 bits per heavy atom. The van der Waals surface area contributed by atoms with E-state index in [4.69, 9.17) is 0 Å². The lowest BCUT2D eigenvalue weighted by Crippen LogP contribution is -2.51. The summed E-state index contributed by atoms with van der Waals surface area (Å²) in [6.07, 6.45) is 18.1. The molecule has 1 aliphatic heterocycles. The minimum absolute atomic E-state index is 0. The summed E-state index contributed by atoms with van der Waals surface area (Å²) in [7, 11) is 0. The second kappa shape index (κ2) is 11.8. The van der Waals surface area contributed by atoms with Crippen LogP contribution in [0, 0.1) is 23.2 Å². The van der Waals surface area contributed by atoms with Gasteiger partial charge in [0, 0.05) is 31.9 Å². The lowest BCUT2D eigenvalue weighted by molar-refractivity contribution is -0.150. The van der Waals surface area contributed by atoms with Gasteiger partial charge in [0.1, 0.15) is 5.54 Å². The van der Waals surface area contributed by atoms with Crippen LogP contribution >= 0.6 is 12.4 Å². The summed E-state index contributed by atoms with van der Waals surface area (Å²) in [4.78, 5) is 31.0. The molecule has 6 rings (SSSR count). The maximum atomic E-state index is 12.5. The van der Waals surface area contributed by atoms with Crippen LogP contribution < -0.4 is 5.32 Å². The first-order valence-electron chi connectivity index (χ1n) is 14.0. The molecule has 4 saturated carbocycles. The van der Waals surface area contributed by atoms with Crippen LogP contribution in [0.1, 0.15) is 89.0 Å². The molecule has 1 aromatic rings. The smallest absolute Gasteiger partial charge is 0.324 e. The molecule has 0 aromatic carbocycles. The zero-order valence-electron chi connectivity index (χ0n) is 21.6. The SMILES string of the molecule is Cl.O=C(CCCC[C@]1(C(=O)O)CCCN1CCc1ccncc1)[N]CCC12CC3CC(CC(C3)C1)C2. The lowest BCUT2D eigenvalue weighted by atomic mass is 9.49. The van der Waals surface area contributed by atoms with Crippen molar-refractivity contribution in [3.8, 4) is 0 Å². The molecule has 2 heterocycles. The maximum absolute atomic E-state index is 12.5. The van der Waals surface area contributed by atoms with Crippen LogP contribution in [-0.2, 0) is 16.0 Å². The third-order valence-corrected chi connectivity index (χ3v) is 9.77. The van der Waals surface area contributed by atoms with E-state index in [2.05, 4.69) is 15.2 Å². The predicted molar refractivity (Wildman–Crippen MR) is 142 cm³/mol. The van der Waals surface area contributed by atoms with Gasteiger partial charge < -0.3 is 5.11 Å². The van der Waals surface area contributed by atoms with Gasteiger partial charge in [-0.1, -0.05) is 6.42 Å². The first kappa shape index (κ1) is 27.4. The summed E-state index contributed by atoms with van der Waals surface area (Å²) >= 11 is 0. The van der Waals surface area contributed by atoms with Gasteiger partial charge in [0.05, 0.1) is 0 Å². The van der Waals surface area contributed by atoms with E-state index in [9.17, 15) is 14.7 Å². The van der Waals surface area contributed by atoms with Crippen molar-refractivity contribution in [2.75, 3.05) is 19.6 Å². The van der Waals surface area contributed by atoms with Gasteiger partial charge in [-0.2, -0.15) is 0 Å². The Labute approximate surface area is 222 Å². The minimum atomic E-state index is -0.786. The fourth-order valence-corrected chi connectivity index (χ4v) is 8.49. The van der Waals surface area contributed by atoms with Gasteiger partial charge in [0.2, 0.25) is 5.91 Å². The average molecular weight is 517 g/mol. The third kappa shape index (κ3) is 6.07. The average Bonchev–Trinajstić information content (AvgIpc) is 3.24. The van der Waals surface area contributed by atoms with Crippen molar-refractivity contribution in [1.82, 2.24) is 15.2 Å². The number of carboxylic acid groups (broad SMARTS) is 1. The van der Waals surface area contributed by atoms with Crippen LogP contribution in [0.2, 0.25) is 0 Å². The highest BCUT2D eigenvalue weighted by Gasteiger charge is 2.50. The van der Waals surface area contributed by atoms with Gasteiger partial charge in [0.15, 0.2) is 0 Å². The number of aliphatic carboxylic acids is 1. The number of amides is 1. The summed E-state index contributed by atoms with van der Waals surface area (Å²) in [6.45, 7) is 2.26. The van der Waals surface area contributed by atoms with Crippen molar-refractivity contribution in [2.24, 2.45) is 23.2 Å². The van der Waals surface area contributed by atoms with Crippen molar-refractivity contribution in [2.45, 2.75) is 95.4 Å². The van der Waals surface area contributed by atoms with Gasteiger partial charge in [-0.3, -0.25) is 24.8 Å². The van der Waals surface area contributed by atoms with E-state index in [0.29, 0.717) is 31.2 Å².